The van der Waals surface area contributed by atoms with Gasteiger partial charge in [-0.2, -0.15) is 0 Å². The fourth-order valence-electron chi connectivity index (χ4n) is 2.93. The van der Waals surface area contributed by atoms with Crippen molar-refractivity contribution in [1.29, 1.82) is 0 Å². The average Bonchev–Trinajstić information content (AvgIpc) is 2.46. The SMILES string of the molecule is COc1ncccc1C(=O)NC1(C)CCCCC1C(=O)O. The van der Waals surface area contributed by atoms with Crippen molar-refractivity contribution in [2.45, 2.75) is 38.1 Å². The number of carboxylic acid groups (broad SMARTS) is 1. The number of methoxy groups -OCH3 is 1. The molecule has 1 fully saturated rings. The van der Waals surface area contributed by atoms with Gasteiger partial charge in [0.25, 0.3) is 5.91 Å². The highest BCUT2D eigenvalue weighted by molar-refractivity contribution is 5.97. The minimum Gasteiger partial charge on any atom is -0.481 e. The van der Waals surface area contributed by atoms with E-state index in [-0.39, 0.29) is 11.8 Å². The predicted molar refractivity (Wildman–Crippen MR) is 76.3 cm³/mol. The third-order valence-corrected chi connectivity index (χ3v) is 4.11. The average molecular weight is 292 g/mol. The van der Waals surface area contributed by atoms with Crippen LogP contribution in [-0.4, -0.2) is 34.6 Å². The van der Waals surface area contributed by atoms with Crippen LogP contribution in [0, 0.1) is 5.92 Å². The van der Waals surface area contributed by atoms with Crippen LogP contribution < -0.4 is 10.1 Å². The molecule has 0 aromatic carbocycles. The summed E-state index contributed by atoms with van der Waals surface area (Å²) < 4.78 is 5.07. The van der Waals surface area contributed by atoms with Crippen LogP contribution in [-0.2, 0) is 4.79 Å². The highest BCUT2D eigenvalue weighted by Gasteiger charge is 2.42. The lowest BCUT2D eigenvalue weighted by atomic mass is 9.73. The highest BCUT2D eigenvalue weighted by atomic mass is 16.5. The Morgan fingerprint density at radius 2 is 2.24 bits per heavy atom. The molecule has 1 aromatic rings. The van der Waals surface area contributed by atoms with Crippen LogP contribution in [0.4, 0.5) is 0 Å². The van der Waals surface area contributed by atoms with Gasteiger partial charge in [0.1, 0.15) is 5.56 Å². The summed E-state index contributed by atoms with van der Waals surface area (Å²) in [5, 5.41) is 12.2. The van der Waals surface area contributed by atoms with Gasteiger partial charge in [-0.3, -0.25) is 9.59 Å². The maximum Gasteiger partial charge on any atom is 0.308 e. The Morgan fingerprint density at radius 3 is 2.90 bits per heavy atom. The van der Waals surface area contributed by atoms with Gasteiger partial charge in [-0.25, -0.2) is 4.98 Å². The highest BCUT2D eigenvalue weighted by Crippen LogP contribution is 2.34. The number of hydrogen-bond acceptors (Lipinski definition) is 4. The van der Waals surface area contributed by atoms with Crippen molar-refractivity contribution in [3.05, 3.63) is 23.9 Å². The monoisotopic (exact) mass is 292 g/mol. The minimum absolute atomic E-state index is 0.237. The lowest BCUT2D eigenvalue weighted by Crippen LogP contribution is -2.55. The first kappa shape index (κ1) is 15.3. The summed E-state index contributed by atoms with van der Waals surface area (Å²) in [7, 11) is 1.45. The Hall–Kier alpha value is -2.11. The first-order valence-corrected chi connectivity index (χ1v) is 7.02. The van der Waals surface area contributed by atoms with Crippen LogP contribution in [0.3, 0.4) is 0 Å². The molecule has 0 spiro atoms. The van der Waals surface area contributed by atoms with Gasteiger partial charge in [0.15, 0.2) is 0 Å². The van der Waals surface area contributed by atoms with E-state index >= 15 is 0 Å². The van der Waals surface area contributed by atoms with Gasteiger partial charge < -0.3 is 15.2 Å². The smallest absolute Gasteiger partial charge is 0.308 e. The summed E-state index contributed by atoms with van der Waals surface area (Å²) in [5.74, 6) is -1.55. The molecule has 6 nitrogen and oxygen atoms in total. The van der Waals surface area contributed by atoms with Gasteiger partial charge in [-0.1, -0.05) is 12.8 Å². The zero-order chi connectivity index (χ0) is 15.5. The molecule has 1 aromatic heterocycles. The molecule has 2 unspecified atom stereocenters. The van der Waals surface area contributed by atoms with E-state index in [4.69, 9.17) is 4.74 Å². The molecule has 1 amide bonds. The second kappa shape index (κ2) is 6.11. The van der Waals surface area contributed by atoms with Gasteiger partial charge in [0, 0.05) is 6.20 Å². The van der Waals surface area contributed by atoms with E-state index in [2.05, 4.69) is 10.3 Å². The normalized spacial score (nSPS) is 25.1. The molecule has 21 heavy (non-hydrogen) atoms. The number of carboxylic acids is 1. The summed E-state index contributed by atoms with van der Waals surface area (Å²) in [4.78, 5) is 27.9. The first-order valence-electron chi connectivity index (χ1n) is 7.02. The van der Waals surface area contributed by atoms with E-state index in [9.17, 15) is 14.7 Å². The van der Waals surface area contributed by atoms with Crippen LogP contribution in [0.2, 0.25) is 0 Å². The molecule has 114 valence electrons. The van der Waals surface area contributed by atoms with Crippen LogP contribution in [0.25, 0.3) is 0 Å². The molecule has 0 saturated heterocycles. The number of nitrogens with one attached hydrogen (secondary N) is 1. The molecule has 0 radical (unpaired) electrons. The number of amides is 1. The predicted octanol–water partition coefficient (Wildman–Crippen LogP) is 1.85. The van der Waals surface area contributed by atoms with E-state index in [1.807, 2.05) is 0 Å². The van der Waals surface area contributed by atoms with Crippen molar-refractivity contribution in [2.24, 2.45) is 5.92 Å². The van der Waals surface area contributed by atoms with E-state index in [1.165, 1.54) is 13.3 Å². The molecule has 1 aliphatic carbocycles. The van der Waals surface area contributed by atoms with E-state index in [0.717, 1.165) is 12.8 Å². The zero-order valence-corrected chi connectivity index (χ0v) is 12.3. The summed E-state index contributed by atoms with van der Waals surface area (Å²) in [6, 6.07) is 3.26. The Bertz CT molecular complexity index is 546. The third-order valence-electron chi connectivity index (χ3n) is 4.11. The molecule has 0 aliphatic heterocycles. The number of carbonyl (C=O) groups is 2. The topological polar surface area (TPSA) is 88.5 Å². The van der Waals surface area contributed by atoms with Gasteiger partial charge in [0.2, 0.25) is 5.88 Å². The molecular formula is C15H20N2O4. The van der Waals surface area contributed by atoms with Crippen LogP contribution in [0.15, 0.2) is 18.3 Å². The van der Waals surface area contributed by atoms with E-state index < -0.39 is 17.4 Å². The molecule has 2 rings (SSSR count). The Morgan fingerprint density at radius 1 is 1.48 bits per heavy atom. The fourth-order valence-corrected chi connectivity index (χ4v) is 2.93. The van der Waals surface area contributed by atoms with Gasteiger partial charge >= 0.3 is 5.97 Å². The standard InChI is InChI=1S/C15H20N2O4/c1-15(8-4-3-7-11(15)14(19)20)17-12(18)10-6-5-9-16-13(10)21-2/h5-6,9,11H,3-4,7-8H2,1-2H3,(H,17,18)(H,19,20). The van der Waals surface area contributed by atoms with Gasteiger partial charge in [0.05, 0.1) is 18.6 Å². The van der Waals surface area contributed by atoms with Crippen molar-refractivity contribution in [3.63, 3.8) is 0 Å². The van der Waals surface area contributed by atoms with Crippen molar-refractivity contribution in [2.75, 3.05) is 7.11 Å². The quantitative estimate of drug-likeness (QED) is 0.884. The zero-order valence-electron chi connectivity index (χ0n) is 12.3. The molecular weight excluding hydrogens is 272 g/mol. The number of carbonyl (C=O) groups excluding carboxylic acids is 1. The minimum atomic E-state index is -0.865. The summed E-state index contributed by atoms with van der Waals surface area (Å²) in [6.07, 6.45) is 4.55. The molecule has 2 atom stereocenters. The lowest BCUT2D eigenvalue weighted by molar-refractivity contribution is -0.145. The van der Waals surface area contributed by atoms with Crippen molar-refractivity contribution >= 4 is 11.9 Å². The van der Waals surface area contributed by atoms with Crippen LogP contribution in [0.1, 0.15) is 43.0 Å². The van der Waals surface area contributed by atoms with E-state index in [0.29, 0.717) is 18.4 Å². The summed E-state index contributed by atoms with van der Waals surface area (Å²) in [5.41, 5.74) is -0.432. The second-order valence-electron chi connectivity index (χ2n) is 5.57. The number of hydrogen-bond donors (Lipinski definition) is 2. The summed E-state index contributed by atoms with van der Waals surface area (Å²) >= 11 is 0. The number of nitrogens with zero attached hydrogens (tertiary/aromatic N) is 1. The van der Waals surface area contributed by atoms with Crippen LogP contribution >= 0.6 is 0 Å². The van der Waals surface area contributed by atoms with Gasteiger partial charge in [-0.05, 0) is 31.9 Å². The Balaban J connectivity index is 2.22. The number of rotatable bonds is 4. The fraction of sp³-hybridized carbons (Fsp3) is 0.533. The summed E-state index contributed by atoms with van der Waals surface area (Å²) in [6.45, 7) is 1.80. The molecule has 1 aliphatic rings. The second-order valence-corrected chi connectivity index (χ2v) is 5.57. The first-order chi connectivity index (χ1) is 9.98. The van der Waals surface area contributed by atoms with E-state index in [1.54, 1.807) is 19.1 Å². The number of ether oxygens (including phenoxy) is 1. The molecule has 2 N–H and O–H groups in total. The van der Waals surface area contributed by atoms with Gasteiger partial charge in [-0.15, -0.1) is 0 Å². The Labute approximate surface area is 123 Å². The number of aliphatic carboxylic acids is 1. The lowest BCUT2D eigenvalue weighted by Gasteiger charge is -2.39. The molecule has 0 bridgehead atoms. The maximum absolute atomic E-state index is 12.4. The van der Waals surface area contributed by atoms with Crippen molar-refractivity contribution < 1.29 is 19.4 Å². The molecule has 1 saturated carbocycles. The number of aromatic nitrogens is 1. The molecule has 1 heterocycles. The maximum atomic E-state index is 12.4. The van der Waals surface area contributed by atoms with Crippen molar-refractivity contribution in [3.8, 4) is 5.88 Å². The largest absolute Gasteiger partial charge is 0.481 e. The van der Waals surface area contributed by atoms with Crippen LogP contribution in [0.5, 0.6) is 5.88 Å². The third kappa shape index (κ3) is 3.15. The molecule has 6 heteroatoms. The van der Waals surface area contributed by atoms with Crippen molar-refractivity contribution in [1.82, 2.24) is 10.3 Å². The Kier molecular flexibility index (Phi) is 4.45. The number of pyridine rings is 1.